The van der Waals surface area contributed by atoms with Crippen LogP contribution in [0.3, 0.4) is 0 Å². The van der Waals surface area contributed by atoms with E-state index in [0.29, 0.717) is 11.4 Å². The molecule has 0 aromatic heterocycles. The molecule has 0 fully saturated rings. The highest BCUT2D eigenvalue weighted by molar-refractivity contribution is 5.90. The topological polar surface area (TPSA) is 78.6 Å². The average Bonchev–Trinajstić information content (AvgIpc) is 2.09. The molecule has 14 heavy (non-hydrogen) atoms. The van der Waals surface area contributed by atoms with Crippen molar-refractivity contribution in [2.24, 2.45) is 0 Å². The van der Waals surface area contributed by atoms with E-state index in [4.69, 9.17) is 5.73 Å². The molecule has 0 bridgehead atoms. The maximum Gasteiger partial charge on any atom is 0.321 e. The lowest BCUT2D eigenvalue weighted by Crippen LogP contribution is -2.27. The smallest absolute Gasteiger partial charge is 0.321 e. The normalized spacial score (nSPS) is 9.57. The van der Waals surface area contributed by atoms with E-state index >= 15 is 0 Å². The molecule has 0 aliphatic carbocycles. The van der Waals surface area contributed by atoms with Crippen LogP contribution in [-0.4, -0.2) is 30.1 Å². The standard InChI is InChI=1S/C9H13N3O2/c1-12(2)9(14)11-7-4-3-6(10)5-8(7)13/h3-5,13H,10H2,1-2H3,(H,11,14). The largest absolute Gasteiger partial charge is 0.506 e. The zero-order chi connectivity index (χ0) is 10.7. The molecular formula is C9H13N3O2. The van der Waals surface area contributed by atoms with E-state index in [1.54, 1.807) is 26.2 Å². The summed E-state index contributed by atoms with van der Waals surface area (Å²) < 4.78 is 0. The van der Waals surface area contributed by atoms with Gasteiger partial charge in [0.05, 0.1) is 5.69 Å². The third kappa shape index (κ3) is 2.29. The Labute approximate surface area is 82.1 Å². The van der Waals surface area contributed by atoms with E-state index < -0.39 is 0 Å². The molecule has 2 amide bonds. The first-order valence-electron chi connectivity index (χ1n) is 4.07. The molecule has 0 aliphatic heterocycles. The van der Waals surface area contributed by atoms with Crippen LogP contribution < -0.4 is 11.1 Å². The summed E-state index contributed by atoms with van der Waals surface area (Å²) in [7, 11) is 3.23. The first-order chi connectivity index (χ1) is 6.50. The van der Waals surface area contributed by atoms with Crippen LogP contribution >= 0.6 is 0 Å². The van der Waals surface area contributed by atoms with Crippen molar-refractivity contribution < 1.29 is 9.90 Å². The van der Waals surface area contributed by atoms with Crippen molar-refractivity contribution in [3.63, 3.8) is 0 Å². The van der Waals surface area contributed by atoms with Gasteiger partial charge in [-0.15, -0.1) is 0 Å². The number of benzene rings is 1. The number of nitrogens with zero attached hydrogens (tertiary/aromatic N) is 1. The van der Waals surface area contributed by atoms with Gasteiger partial charge in [0.25, 0.3) is 0 Å². The summed E-state index contributed by atoms with van der Waals surface area (Å²) in [5.74, 6) is -0.0415. The summed E-state index contributed by atoms with van der Waals surface area (Å²) in [5, 5.41) is 11.9. The first kappa shape index (κ1) is 10.2. The molecule has 0 saturated heterocycles. The van der Waals surface area contributed by atoms with Gasteiger partial charge in [0.1, 0.15) is 5.75 Å². The molecule has 1 rings (SSSR count). The van der Waals surface area contributed by atoms with Crippen molar-refractivity contribution in [1.29, 1.82) is 0 Å². The van der Waals surface area contributed by atoms with Gasteiger partial charge in [0.15, 0.2) is 0 Å². The van der Waals surface area contributed by atoms with Gasteiger partial charge < -0.3 is 21.1 Å². The van der Waals surface area contributed by atoms with E-state index in [0.717, 1.165) is 0 Å². The molecule has 0 heterocycles. The summed E-state index contributed by atoms with van der Waals surface area (Å²) in [5.41, 5.74) is 6.23. The number of amides is 2. The van der Waals surface area contributed by atoms with E-state index in [1.165, 1.54) is 11.0 Å². The van der Waals surface area contributed by atoms with E-state index in [2.05, 4.69) is 5.32 Å². The Morgan fingerprint density at radius 2 is 2.14 bits per heavy atom. The Balaban J connectivity index is 2.82. The van der Waals surface area contributed by atoms with Gasteiger partial charge in [0.2, 0.25) is 0 Å². The van der Waals surface area contributed by atoms with Gasteiger partial charge in [-0.3, -0.25) is 0 Å². The number of rotatable bonds is 1. The van der Waals surface area contributed by atoms with Gasteiger partial charge in [-0.1, -0.05) is 0 Å². The van der Waals surface area contributed by atoms with Crippen molar-refractivity contribution in [2.75, 3.05) is 25.1 Å². The van der Waals surface area contributed by atoms with Crippen LogP contribution in [0.25, 0.3) is 0 Å². The van der Waals surface area contributed by atoms with Crippen molar-refractivity contribution in [1.82, 2.24) is 4.90 Å². The molecule has 0 aliphatic rings. The maximum atomic E-state index is 11.2. The number of phenolic OH excluding ortho intramolecular Hbond substituents is 1. The van der Waals surface area contributed by atoms with E-state index in [9.17, 15) is 9.90 Å². The first-order valence-corrected chi connectivity index (χ1v) is 4.07. The second-order valence-electron chi connectivity index (χ2n) is 3.10. The lowest BCUT2D eigenvalue weighted by molar-refractivity contribution is 0.230. The lowest BCUT2D eigenvalue weighted by Gasteiger charge is -2.12. The van der Waals surface area contributed by atoms with Crippen LogP contribution in [0.15, 0.2) is 18.2 Å². The Bertz CT molecular complexity index is 350. The molecule has 4 N–H and O–H groups in total. The molecule has 0 radical (unpaired) electrons. The minimum absolute atomic E-state index is 0.0415. The second kappa shape index (κ2) is 3.87. The third-order valence-corrected chi connectivity index (χ3v) is 1.67. The molecule has 0 saturated carbocycles. The minimum Gasteiger partial charge on any atom is -0.506 e. The minimum atomic E-state index is -0.301. The lowest BCUT2D eigenvalue weighted by atomic mass is 10.2. The summed E-state index contributed by atoms with van der Waals surface area (Å²) in [6.45, 7) is 0. The average molecular weight is 195 g/mol. The molecule has 0 atom stereocenters. The Hall–Kier alpha value is -1.91. The molecule has 0 spiro atoms. The summed E-state index contributed by atoms with van der Waals surface area (Å²) in [6, 6.07) is 4.23. The fraction of sp³-hybridized carbons (Fsp3) is 0.222. The van der Waals surface area contributed by atoms with Gasteiger partial charge >= 0.3 is 6.03 Å². The number of aromatic hydroxyl groups is 1. The van der Waals surface area contributed by atoms with Gasteiger partial charge in [-0.25, -0.2) is 4.79 Å². The van der Waals surface area contributed by atoms with Gasteiger partial charge in [0, 0.05) is 25.8 Å². The Kier molecular flexibility index (Phi) is 2.81. The van der Waals surface area contributed by atoms with Crippen molar-refractivity contribution >= 4 is 17.4 Å². The van der Waals surface area contributed by atoms with Crippen LogP contribution in [0.2, 0.25) is 0 Å². The number of urea groups is 1. The molecule has 76 valence electrons. The van der Waals surface area contributed by atoms with Crippen molar-refractivity contribution in [2.45, 2.75) is 0 Å². The number of nitrogens with two attached hydrogens (primary N) is 1. The maximum absolute atomic E-state index is 11.2. The Morgan fingerprint density at radius 3 is 2.64 bits per heavy atom. The number of anilines is 2. The highest BCUT2D eigenvalue weighted by Gasteiger charge is 2.07. The van der Waals surface area contributed by atoms with Crippen LogP contribution in [0, 0.1) is 0 Å². The summed E-state index contributed by atoms with van der Waals surface area (Å²) >= 11 is 0. The molecule has 0 unspecified atom stereocenters. The highest BCUT2D eigenvalue weighted by Crippen LogP contribution is 2.25. The molecule has 5 heteroatoms. The Morgan fingerprint density at radius 1 is 1.50 bits per heavy atom. The second-order valence-corrected chi connectivity index (χ2v) is 3.10. The number of nitrogen functional groups attached to an aromatic ring is 1. The summed E-state index contributed by atoms with van der Waals surface area (Å²) in [6.07, 6.45) is 0. The van der Waals surface area contributed by atoms with Crippen molar-refractivity contribution in [3.8, 4) is 5.75 Å². The van der Waals surface area contributed by atoms with Crippen LogP contribution in [0.1, 0.15) is 0 Å². The monoisotopic (exact) mass is 195 g/mol. The fourth-order valence-electron chi connectivity index (χ4n) is 0.881. The molecule has 1 aromatic carbocycles. The summed E-state index contributed by atoms with van der Waals surface area (Å²) in [4.78, 5) is 12.6. The molecular weight excluding hydrogens is 182 g/mol. The third-order valence-electron chi connectivity index (χ3n) is 1.67. The molecule has 1 aromatic rings. The van der Waals surface area contributed by atoms with Gasteiger partial charge in [-0.05, 0) is 12.1 Å². The molecule has 5 nitrogen and oxygen atoms in total. The zero-order valence-electron chi connectivity index (χ0n) is 8.11. The fourth-order valence-corrected chi connectivity index (χ4v) is 0.881. The number of carbonyl (C=O) groups is 1. The highest BCUT2D eigenvalue weighted by atomic mass is 16.3. The number of hydrogen-bond donors (Lipinski definition) is 3. The van der Waals surface area contributed by atoms with Crippen LogP contribution in [-0.2, 0) is 0 Å². The number of nitrogens with one attached hydrogen (secondary N) is 1. The predicted molar refractivity (Wildman–Crippen MR) is 55.2 cm³/mol. The van der Waals surface area contributed by atoms with Crippen molar-refractivity contribution in [3.05, 3.63) is 18.2 Å². The van der Waals surface area contributed by atoms with Crippen LogP contribution in [0.4, 0.5) is 16.2 Å². The number of hydrogen-bond acceptors (Lipinski definition) is 3. The van der Waals surface area contributed by atoms with Gasteiger partial charge in [-0.2, -0.15) is 0 Å². The zero-order valence-corrected chi connectivity index (χ0v) is 8.11. The van der Waals surface area contributed by atoms with E-state index in [1.807, 2.05) is 0 Å². The quantitative estimate of drug-likeness (QED) is 0.463. The number of carbonyl (C=O) groups excluding carboxylic acids is 1. The van der Waals surface area contributed by atoms with E-state index in [-0.39, 0.29) is 11.8 Å². The number of phenols is 1. The van der Waals surface area contributed by atoms with Crippen LogP contribution in [0.5, 0.6) is 5.75 Å². The SMILES string of the molecule is CN(C)C(=O)Nc1ccc(N)cc1O. The predicted octanol–water partition coefficient (Wildman–Crippen LogP) is 1.07.